The summed E-state index contributed by atoms with van der Waals surface area (Å²) in [5.41, 5.74) is 3.75. The fourth-order valence-corrected chi connectivity index (χ4v) is 3.78. The summed E-state index contributed by atoms with van der Waals surface area (Å²) in [6, 6.07) is 10.6. The highest BCUT2D eigenvalue weighted by atomic mass is 35.5. The number of para-hydroxylation sites is 1. The van der Waals surface area contributed by atoms with Crippen molar-refractivity contribution in [2.45, 2.75) is 13.5 Å². The van der Waals surface area contributed by atoms with E-state index in [1.54, 1.807) is 0 Å². The van der Waals surface area contributed by atoms with Crippen LogP contribution in [0.1, 0.15) is 11.3 Å². The van der Waals surface area contributed by atoms with Crippen LogP contribution in [0.25, 0.3) is 5.69 Å². The van der Waals surface area contributed by atoms with Crippen LogP contribution in [0.15, 0.2) is 36.5 Å². The lowest BCUT2D eigenvalue weighted by molar-refractivity contribution is 0.299. The summed E-state index contributed by atoms with van der Waals surface area (Å²) in [4.78, 5) is 2.59. The highest BCUT2D eigenvalue weighted by Gasteiger charge is 2.36. The van der Waals surface area contributed by atoms with E-state index in [1.165, 1.54) is 43.1 Å². The van der Waals surface area contributed by atoms with E-state index in [9.17, 15) is 0 Å². The Morgan fingerprint density at radius 3 is 2.59 bits per heavy atom. The topological polar surface area (TPSA) is 33.1 Å². The Labute approximate surface area is 137 Å². The minimum absolute atomic E-state index is 0. The number of nitrogens with zero attached hydrogens (tertiary/aromatic N) is 3. The lowest BCUT2D eigenvalue weighted by Gasteiger charge is -2.18. The molecule has 1 aromatic heterocycles. The lowest BCUT2D eigenvalue weighted by Crippen LogP contribution is -2.26. The van der Waals surface area contributed by atoms with Crippen LogP contribution < -0.4 is 5.32 Å². The van der Waals surface area contributed by atoms with Crippen LogP contribution in [-0.4, -0.2) is 40.9 Å². The fourth-order valence-electron chi connectivity index (χ4n) is 3.78. The van der Waals surface area contributed by atoms with Gasteiger partial charge in [0, 0.05) is 25.8 Å². The van der Waals surface area contributed by atoms with E-state index in [0.29, 0.717) is 0 Å². The molecule has 2 aliphatic heterocycles. The number of hydrogen-bond acceptors (Lipinski definition) is 3. The van der Waals surface area contributed by atoms with Crippen LogP contribution in [0.5, 0.6) is 0 Å². The van der Waals surface area contributed by atoms with Crippen molar-refractivity contribution < 1.29 is 0 Å². The fraction of sp³-hybridized carbons (Fsp3) is 0.471. The molecule has 2 atom stereocenters. The van der Waals surface area contributed by atoms with E-state index in [0.717, 1.165) is 18.4 Å². The van der Waals surface area contributed by atoms with Crippen molar-refractivity contribution in [3.05, 3.63) is 47.8 Å². The van der Waals surface area contributed by atoms with Gasteiger partial charge in [0.1, 0.15) is 0 Å². The second-order valence-corrected chi connectivity index (χ2v) is 6.39. The quantitative estimate of drug-likeness (QED) is 0.942. The molecule has 0 radical (unpaired) electrons. The molecule has 0 spiro atoms. The van der Waals surface area contributed by atoms with E-state index in [4.69, 9.17) is 0 Å². The molecule has 1 N–H and O–H groups in total. The SMILES string of the molecule is Cc1ccccc1-n1nccc1CN1C[C@H]2CNC[C@H]2C1.Cl. The van der Waals surface area contributed by atoms with Crippen LogP contribution in [-0.2, 0) is 6.54 Å². The van der Waals surface area contributed by atoms with E-state index >= 15 is 0 Å². The number of benzene rings is 1. The highest BCUT2D eigenvalue weighted by Crippen LogP contribution is 2.27. The summed E-state index contributed by atoms with van der Waals surface area (Å²) in [6.45, 7) is 7.97. The van der Waals surface area contributed by atoms with Crippen molar-refractivity contribution in [2.75, 3.05) is 26.2 Å². The molecular formula is C17H23ClN4. The Balaban J connectivity index is 0.00000144. The molecule has 2 aliphatic rings. The number of rotatable bonds is 3. The van der Waals surface area contributed by atoms with Crippen molar-refractivity contribution >= 4 is 12.4 Å². The minimum atomic E-state index is 0. The van der Waals surface area contributed by atoms with Crippen LogP contribution in [0, 0.1) is 18.8 Å². The first kappa shape index (κ1) is 15.5. The maximum absolute atomic E-state index is 4.54. The molecule has 2 saturated heterocycles. The summed E-state index contributed by atoms with van der Waals surface area (Å²) in [5.74, 6) is 1.69. The number of hydrogen-bond donors (Lipinski definition) is 1. The average molecular weight is 319 g/mol. The van der Waals surface area contributed by atoms with E-state index in [2.05, 4.69) is 57.3 Å². The molecule has 4 nitrogen and oxygen atoms in total. The Kier molecular flexibility index (Phi) is 4.52. The van der Waals surface area contributed by atoms with Gasteiger partial charge in [0.2, 0.25) is 0 Å². The summed E-state index contributed by atoms with van der Waals surface area (Å²) in [5, 5.41) is 8.04. The van der Waals surface area contributed by atoms with Gasteiger partial charge in [-0.2, -0.15) is 5.10 Å². The first-order chi connectivity index (χ1) is 10.3. The minimum Gasteiger partial charge on any atom is -0.316 e. The highest BCUT2D eigenvalue weighted by molar-refractivity contribution is 5.85. The largest absolute Gasteiger partial charge is 0.316 e. The van der Waals surface area contributed by atoms with Gasteiger partial charge in [-0.1, -0.05) is 18.2 Å². The van der Waals surface area contributed by atoms with Gasteiger partial charge in [0.05, 0.1) is 11.4 Å². The molecule has 2 aromatic rings. The lowest BCUT2D eigenvalue weighted by atomic mass is 10.0. The van der Waals surface area contributed by atoms with Gasteiger partial charge in [0.25, 0.3) is 0 Å². The summed E-state index contributed by atoms with van der Waals surface area (Å²) in [7, 11) is 0. The van der Waals surface area contributed by atoms with E-state index < -0.39 is 0 Å². The molecule has 0 bridgehead atoms. The average Bonchev–Trinajstić information content (AvgIpc) is 3.15. The Morgan fingerprint density at radius 1 is 1.14 bits per heavy atom. The van der Waals surface area contributed by atoms with Crippen molar-refractivity contribution in [3.8, 4) is 5.69 Å². The van der Waals surface area contributed by atoms with Crippen LogP contribution in [0.2, 0.25) is 0 Å². The van der Waals surface area contributed by atoms with Crippen molar-refractivity contribution in [1.29, 1.82) is 0 Å². The zero-order valence-corrected chi connectivity index (χ0v) is 13.7. The number of halogens is 1. The number of nitrogens with one attached hydrogen (secondary N) is 1. The van der Waals surface area contributed by atoms with Gasteiger partial charge in [-0.3, -0.25) is 4.90 Å². The zero-order valence-electron chi connectivity index (χ0n) is 12.9. The summed E-state index contributed by atoms with van der Waals surface area (Å²) < 4.78 is 2.10. The number of aromatic nitrogens is 2. The predicted molar refractivity (Wildman–Crippen MR) is 90.7 cm³/mol. The third-order valence-corrected chi connectivity index (χ3v) is 4.92. The second kappa shape index (κ2) is 6.41. The molecular weight excluding hydrogens is 296 g/mol. The molecule has 0 amide bonds. The number of aryl methyl sites for hydroxylation is 1. The van der Waals surface area contributed by atoms with Gasteiger partial charge in [-0.05, 0) is 49.5 Å². The van der Waals surface area contributed by atoms with Crippen LogP contribution >= 0.6 is 12.4 Å². The van der Waals surface area contributed by atoms with Gasteiger partial charge in [-0.25, -0.2) is 4.68 Å². The number of fused-ring (bicyclic) bond motifs is 1. The third-order valence-electron chi connectivity index (χ3n) is 4.92. The second-order valence-electron chi connectivity index (χ2n) is 6.39. The van der Waals surface area contributed by atoms with E-state index in [-0.39, 0.29) is 12.4 Å². The molecule has 118 valence electrons. The van der Waals surface area contributed by atoms with Gasteiger partial charge in [-0.15, -0.1) is 12.4 Å². The first-order valence-electron chi connectivity index (χ1n) is 7.83. The number of likely N-dealkylation sites (tertiary alicyclic amines) is 1. The standard InChI is InChI=1S/C17H22N4.ClH/c1-13-4-2-3-5-17(13)21-16(6-7-19-21)12-20-10-14-8-18-9-15(14)11-20;/h2-7,14-15,18H,8-12H2,1H3;1H/t14-,15+;. The zero-order chi connectivity index (χ0) is 14.2. The first-order valence-corrected chi connectivity index (χ1v) is 7.83. The van der Waals surface area contributed by atoms with Crippen molar-refractivity contribution in [1.82, 2.24) is 20.0 Å². The molecule has 0 saturated carbocycles. The molecule has 4 rings (SSSR count). The Bertz CT molecular complexity index is 627. The van der Waals surface area contributed by atoms with Gasteiger partial charge >= 0.3 is 0 Å². The molecule has 22 heavy (non-hydrogen) atoms. The Hall–Kier alpha value is -1.36. The predicted octanol–water partition coefficient (Wildman–Crippen LogP) is 2.25. The summed E-state index contributed by atoms with van der Waals surface area (Å²) in [6.07, 6.45) is 1.92. The smallest absolute Gasteiger partial charge is 0.0678 e. The molecule has 3 heterocycles. The molecule has 2 fully saturated rings. The van der Waals surface area contributed by atoms with Crippen molar-refractivity contribution in [2.24, 2.45) is 11.8 Å². The maximum Gasteiger partial charge on any atom is 0.0678 e. The normalized spacial score (nSPS) is 24.2. The summed E-state index contributed by atoms with van der Waals surface area (Å²) >= 11 is 0. The van der Waals surface area contributed by atoms with Crippen LogP contribution in [0.3, 0.4) is 0 Å². The molecule has 1 aromatic carbocycles. The van der Waals surface area contributed by atoms with Gasteiger partial charge < -0.3 is 5.32 Å². The third kappa shape index (κ3) is 2.78. The van der Waals surface area contributed by atoms with Gasteiger partial charge in [0.15, 0.2) is 0 Å². The maximum atomic E-state index is 4.54. The van der Waals surface area contributed by atoms with Crippen molar-refractivity contribution in [3.63, 3.8) is 0 Å². The Morgan fingerprint density at radius 2 is 1.86 bits per heavy atom. The monoisotopic (exact) mass is 318 g/mol. The molecule has 0 aliphatic carbocycles. The van der Waals surface area contributed by atoms with E-state index in [1.807, 2.05) is 6.20 Å². The molecule has 5 heteroatoms. The molecule has 0 unspecified atom stereocenters. The van der Waals surface area contributed by atoms with Crippen LogP contribution in [0.4, 0.5) is 0 Å².